The number of pyridine rings is 1. The molecule has 7 heteroatoms. The molecule has 0 saturated carbocycles. The quantitative estimate of drug-likeness (QED) is 0.859. The minimum atomic E-state index is 0.613. The van der Waals surface area contributed by atoms with E-state index in [9.17, 15) is 0 Å². The lowest BCUT2D eigenvalue weighted by molar-refractivity contribution is 0.240. The first kappa shape index (κ1) is 13.3. The van der Waals surface area contributed by atoms with Gasteiger partial charge >= 0.3 is 0 Å². The number of piperazine rings is 1. The van der Waals surface area contributed by atoms with E-state index in [1.165, 1.54) is 0 Å². The van der Waals surface area contributed by atoms with E-state index in [1.54, 1.807) is 19.3 Å². The third-order valence-corrected chi connectivity index (χ3v) is 3.69. The zero-order valence-corrected chi connectivity index (χ0v) is 12.0. The fourth-order valence-corrected chi connectivity index (χ4v) is 2.62. The van der Waals surface area contributed by atoms with Crippen molar-refractivity contribution in [2.75, 3.05) is 31.1 Å². The highest BCUT2D eigenvalue weighted by molar-refractivity contribution is 6.33. The number of hydrogen-bond donors (Lipinski definition) is 0. The van der Waals surface area contributed by atoms with Crippen LogP contribution < -0.4 is 4.90 Å². The zero-order valence-electron chi connectivity index (χ0n) is 11.3. The number of aromatic nitrogens is 3. The number of hydrogen-bond acceptors (Lipinski definition) is 6. The van der Waals surface area contributed by atoms with Crippen LogP contribution in [0.3, 0.4) is 0 Å². The van der Waals surface area contributed by atoms with Crippen LogP contribution in [0.4, 0.5) is 5.69 Å². The van der Waals surface area contributed by atoms with E-state index < -0.39 is 0 Å². The molecule has 0 aromatic carbocycles. The van der Waals surface area contributed by atoms with Crippen LogP contribution in [0.25, 0.3) is 0 Å². The van der Waals surface area contributed by atoms with Gasteiger partial charge in [0.1, 0.15) is 0 Å². The second-order valence-corrected chi connectivity index (χ2v) is 5.23. The topological polar surface area (TPSA) is 58.3 Å². The van der Waals surface area contributed by atoms with Crippen LogP contribution in [0.2, 0.25) is 5.02 Å². The summed E-state index contributed by atoms with van der Waals surface area (Å²) in [6.45, 7) is 6.30. The molecule has 20 heavy (non-hydrogen) atoms. The van der Waals surface area contributed by atoms with E-state index in [2.05, 4.69) is 24.9 Å². The average molecular weight is 294 g/mol. The van der Waals surface area contributed by atoms with Crippen molar-refractivity contribution in [1.82, 2.24) is 20.0 Å². The van der Waals surface area contributed by atoms with Gasteiger partial charge in [-0.1, -0.05) is 16.8 Å². The highest BCUT2D eigenvalue weighted by Crippen LogP contribution is 2.25. The summed E-state index contributed by atoms with van der Waals surface area (Å²) in [5.74, 6) is 1.36. The van der Waals surface area contributed by atoms with Crippen molar-refractivity contribution in [3.8, 4) is 0 Å². The van der Waals surface area contributed by atoms with Crippen molar-refractivity contribution < 1.29 is 4.52 Å². The smallest absolute Gasteiger partial charge is 0.223 e. The fraction of sp³-hybridized carbons (Fsp3) is 0.462. The highest BCUT2D eigenvalue weighted by atomic mass is 35.5. The molecule has 1 aliphatic rings. The molecule has 0 aliphatic carbocycles. The molecule has 1 aliphatic heterocycles. The van der Waals surface area contributed by atoms with Gasteiger partial charge < -0.3 is 9.42 Å². The van der Waals surface area contributed by atoms with E-state index in [0.29, 0.717) is 10.9 Å². The molecule has 3 heterocycles. The molecule has 2 aromatic heterocycles. The summed E-state index contributed by atoms with van der Waals surface area (Å²) in [5.41, 5.74) is 1.05. The van der Waals surface area contributed by atoms with Crippen LogP contribution in [-0.4, -0.2) is 46.2 Å². The summed E-state index contributed by atoms with van der Waals surface area (Å²) in [6, 6.07) is 1.96. The molecule has 0 bridgehead atoms. The molecule has 0 amide bonds. The number of nitrogens with zero attached hydrogens (tertiary/aromatic N) is 5. The zero-order chi connectivity index (χ0) is 13.9. The minimum Gasteiger partial charge on any atom is -0.368 e. The molecule has 106 valence electrons. The summed E-state index contributed by atoms with van der Waals surface area (Å²) in [7, 11) is 0. The predicted octanol–water partition coefficient (Wildman–Crippen LogP) is 1.75. The van der Waals surface area contributed by atoms with Crippen molar-refractivity contribution >= 4 is 17.3 Å². The summed E-state index contributed by atoms with van der Waals surface area (Å²) in [6.07, 6.45) is 3.46. The molecule has 0 N–H and O–H groups in total. The van der Waals surface area contributed by atoms with Crippen molar-refractivity contribution in [2.24, 2.45) is 0 Å². The largest absolute Gasteiger partial charge is 0.368 e. The van der Waals surface area contributed by atoms with E-state index >= 15 is 0 Å². The van der Waals surface area contributed by atoms with Gasteiger partial charge in [-0.2, -0.15) is 4.98 Å². The fourth-order valence-electron chi connectivity index (χ4n) is 2.38. The van der Waals surface area contributed by atoms with E-state index in [4.69, 9.17) is 16.1 Å². The van der Waals surface area contributed by atoms with Gasteiger partial charge in [0.15, 0.2) is 5.82 Å². The van der Waals surface area contributed by atoms with Crippen molar-refractivity contribution in [3.63, 3.8) is 0 Å². The monoisotopic (exact) mass is 293 g/mol. The van der Waals surface area contributed by atoms with Gasteiger partial charge in [-0.05, 0) is 6.07 Å². The van der Waals surface area contributed by atoms with Gasteiger partial charge in [0.25, 0.3) is 0 Å². The normalized spacial score (nSPS) is 16.6. The van der Waals surface area contributed by atoms with Gasteiger partial charge in [0, 0.05) is 45.5 Å². The van der Waals surface area contributed by atoms with Gasteiger partial charge in [0.2, 0.25) is 5.89 Å². The van der Waals surface area contributed by atoms with Crippen molar-refractivity contribution in [3.05, 3.63) is 35.2 Å². The summed E-state index contributed by atoms with van der Waals surface area (Å²) < 4.78 is 4.99. The standard InChI is InChI=1S/C13H16ClN5O/c1-10-16-13(17-20-10)9-18-4-6-19(7-5-18)12-2-3-15-8-11(12)14/h2-3,8H,4-7,9H2,1H3. The average Bonchev–Trinajstić information content (AvgIpc) is 2.86. The first-order valence-electron chi connectivity index (χ1n) is 6.58. The van der Waals surface area contributed by atoms with Crippen molar-refractivity contribution in [2.45, 2.75) is 13.5 Å². The van der Waals surface area contributed by atoms with Crippen LogP contribution in [0.5, 0.6) is 0 Å². The number of rotatable bonds is 3. The maximum absolute atomic E-state index is 6.18. The lowest BCUT2D eigenvalue weighted by Crippen LogP contribution is -2.46. The molecule has 1 fully saturated rings. The number of halogens is 1. The molecule has 0 unspecified atom stereocenters. The summed E-state index contributed by atoms with van der Waals surface area (Å²) in [4.78, 5) is 12.8. The Morgan fingerprint density at radius 1 is 1.30 bits per heavy atom. The predicted molar refractivity (Wildman–Crippen MR) is 75.8 cm³/mol. The van der Waals surface area contributed by atoms with E-state index in [-0.39, 0.29) is 0 Å². The third-order valence-electron chi connectivity index (χ3n) is 3.40. The second-order valence-electron chi connectivity index (χ2n) is 4.82. The summed E-state index contributed by atoms with van der Waals surface area (Å²) in [5, 5.41) is 4.63. The summed E-state index contributed by atoms with van der Waals surface area (Å²) >= 11 is 6.18. The molecular weight excluding hydrogens is 278 g/mol. The molecule has 1 saturated heterocycles. The van der Waals surface area contributed by atoms with Crippen LogP contribution in [0.15, 0.2) is 23.0 Å². The minimum absolute atomic E-state index is 0.613. The molecular formula is C13H16ClN5O. The Kier molecular flexibility index (Phi) is 3.84. The lowest BCUT2D eigenvalue weighted by atomic mass is 10.2. The Bertz CT molecular complexity index is 580. The first-order chi connectivity index (χ1) is 9.72. The third kappa shape index (κ3) is 2.91. The second kappa shape index (κ2) is 5.76. The Morgan fingerprint density at radius 3 is 2.75 bits per heavy atom. The molecule has 0 spiro atoms. The molecule has 3 rings (SSSR count). The molecule has 2 aromatic rings. The van der Waals surface area contributed by atoms with Crippen molar-refractivity contribution in [1.29, 1.82) is 0 Å². The van der Waals surface area contributed by atoms with Crippen LogP contribution >= 0.6 is 11.6 Å². The first-order valence-corrected chi connectivity index (χ1v) is 6.96. The van der Waals surface area contributed by atoms with E-state index in [0.717, 1.165) is 44.2 Å². The van der Waals surface area contributed by atoms with Gasteiger partial charge in [-0.15, -0.1) is 0 Å². The van der Waals surface area contributed by atoms with Gasteiger partial charge in [-0.3, -0.25) is 9.88 Å². The van der Waals surface area contributed by atoms with Gasteiger partial charge in [0.05, 0.1) is 17.3 Å². The van der Waals surface area contributed by atoms with E-state index in [1.807, 2.05) is 6.07 Å². The molecule has 0 radical (unpaired) electrons. The Labute approximate surface area is 122 Å². The van der Waals surface area contributed by atoms with Crippen LogP contribution in [0, 0.1) is 6.92 Å². The maximum atomic E-state index is 6.18. The maximum Gasteiger partial charge on any atom is 0.223 e. The molecule has 6 nitrogen and oxygen atoms in total. The highest BCUT2D eigenvalue weighted by Gasteiger charge is 2.20. The molecule has 0 atom stereocenters. The van der Waals surface area contributed by atoms with Crippen LogP contribution in [-0.2, 0) is 6.54 Å². The number of anilines is 1. The SMILES string of the molecule is Cc1nc(CN2CCN(c3ccncc3Cl)CC2)no1. The van der Waals surface area contributed by atoms with Gasteiger partial charge in [-0.25, -0.2) is 0 Å². The Hall–Kier alpha value is -1.66. The number of aryl methyl sites for hydroxylation is 1. The van der Waals surface area contributed by atoms with Crippen LogP contribution in [0.1, 0.15) is 11.7 Å². The Morgan fingerprint density at radius 2 is 2.10 bits per heavy atom. The lowest BCUT2D eigenvalue weighted by Gasteiger charge is -2.35. The Balaban J connectivity index is 1.58.